The zero-order chi connectivity index (χ0) is 22.5. The quantitative estimate of drug-likeness (QED) is 0.390. The van der Waals surface area contributed by atoms with E-state index in [0.717, 1.165) is 24.8 Å². The molecule has 0 N–H and O–H groups in total. The van der Waals surface area contributed by atoms with Gasteiger partial charge in [0.05, 0.1) is 6.04 Å². The second-order valence-corrected chi connectivity index (χ2v) is 9.87. The van der Waals surface area contributed by atoms with E-state index in [1.165, 1.54) is 27.8 Å². The van der Waals surface area contributed by atoms with E-state index < -0.39 is 0 Å². The Morgan fingerprint density at radius 2 is 1.61 bits per heavy atom. The molecule has 2 bridgehead atoms. The minimum atomic E-state index is -0.220. The number of hydrogen-bond acceptors (Lipinski definition) is 2. The van der Waals surface area contributed by atoms with Crippen LogP contribution < -0.4 is 0 Å². The minimum absolute atomic E-state index is 0.0427. The number of carbonyl (C=O) groups is 1. The molecule has 3 aromatic carbocycles. The molecule has 0 radical (unpaired) electrons. The lowest BCUT2D eigenvalue weighted by atomic mass is 9.95. The lowest BCUT2D eigenvalue weighted by molar-refractivity contribution is 0.0866. The molecule has 33 heavy (non-hydrogen) atoms. The van der Waals surface area contributed by atoms with E-state index in [0.29, 0.717) is 16.7 Å². The molecule has 1 saturated heterocycles. The van der Waals surface area contributed by atoms with Gasteiger partial charge < -0.3 is 4.74 Å². The number of halogens is 2. The summed E-state index contributed by atoms with van der Waals surface area (Å²) in [5.74, 6) is 0.0720. The molecule has 2 unspecified atom stereocenters. The van der Waals surface area contributed by atoms with Crippen LogP contribution in [0.5, 0.6) is 0 Å². The van der Waals surface area contributed by atoms with Crippen LogP contribution in [0.15, 0.2) is 72.8 Å². The molecule has 0 aromatic heterocycles. The van der Waals surface area contributed by atoms with Crippen molar-refractivity contribution in [3.63, 3.8) is 0 Å². The highest BCUT2D eigenvalue weighted by Crippen LogP contribution is 2.45. The van der Waals surface area contributed by atoms with Crippen LogP contribution in [0, 0.1) is 0 Å². The van der Waals surface area contributed by atoms with Crippen molar-refractivity contribution in [2.75, 3.05) is 6.61 Å². The molecular formula is C28H23Cl2NO2. The van der Waals surface area contributed by atoms with E-state index in [-0.39, 0.29) is 24.1 Å². The molecule has 0 saturated carbocycles. The Morgan fingerprint density at radius 3 is 2.27 bits per heavy atom. The van der Waals surface area contributed by atoms with Crippen molar-refractivity contribution in [3.05, 3.63) is 99.5 Å². The van der Waals surface area contributed by atoms with Crippen LogP contribution in [0.2, 0.25) is 10.0 Å². The molecule has 1 aliphatic carbocycles. The maximum Gasteiger partial charge on any atom is 0.410 e. The molecule has 6 rings (SSSR count). The van der Waals surface area contributed by atoms with E-state index in [9.17, 15) is 4.79 Å². The Hall–Kier alpha value is -2.75. The summed E-state index contributed by atoms with van der Waals surface area (Å²) in [6.07, 6.45) is 4.66. The van der Waals surface area contributed by atoms with Gasteiger partial charge in [-0.25, -0.2) is 4.79 Å². The summed E-state index contributed by atoms with van der Waals surface area (Å²) in [4.78, 5) is 15.2. The zero-order valence-corrected chi connectivity index (χ0v) is 19.5. The lowest BCUT2D eigenvalue weighted by Crippen LogP contribution is -2.43. The highest BCUT2D eigenvalue weighted by atomic mass is 35.5. The van der Waals surface area contributed by atoms with E-state index >= 15 is 0 Å². The van der Waals surface area contributed by atoms with Crippen LogP contribution >= 0.6 is 23.2 Å². The van der Waals surface area contributed by atoms with Gasteiger partial charge in [0.2, 0.25) is 0 Å². The molecule has 2 atom stereocenters. The van der Waals surface area contributed by atoms with Crippen LogP contribution in [0.25, 0.3) is 16.7 Å². The standard InChI is InChI=1S/C28H23Cl2NO2/c29-18-9-12-21(27(30)15-18)17-13-19-10-11-20(14-17)31(19)28(32)33-16-26-24-7-3-1-5-22(24)23-6-2-4-8-25(23)26/h1-9,12-13,15,19-20,26H,10-11,14,16H2. The normalized spacial score (nSPS) is 20.9. The predicted molar refractivity (Wildman–Crippen MR) is 133 cm³/mol. The summed E-state index contributed by atoms with van der Waals surface area (Å²) in [7, 11) is 0. The number of ether oxygens (including phenoxy) is 1. The highest BCUT2D eigenvalue weighted by molar-refractivity contribution is 6.35. The van der Waals surface area contributed by atoms with Crippen molar-refractivity contribution < 1.29 is 9.53 Å². The van der Waals surface area contributed by atoms with Gasteiger partial charge in [0, 0.05) is 22.0 Å². The summed E-state index contributed by atoms with van der Waals surface area (Å²) in [5, 5.41) is 1.28. The van der Waals surface area contributed by atoms with Crippen LogP contribution in [0.4, 0.5) is 4.79 Å². The molecule has 2 heterocycles. The fourth-order valence-corrected chi connectivity index (χ4v) is 6.26. The topological polar surface area (TPSA) is 29.5 Å². The average molecular weight is 476 g/mol. The zero-order valence-electron chi connectivity index (χ0n) is 18.0. The molecule has 0 spiro atoms. The van der Waals surface area contributed by atoms with Gasteiger partial charge in [0.25, 0.3) is 0 Å². The molecule has 5 heteroatoms. The first-order valence-electron chi connectivity index (χ1n) is 11.4. The number of hydrogen-bond donors (Lipinski definition) is 0. The van der Waals surface area contributed by atoms with Gasteiger partial charge in [-0.15, -0.1) is 0 Å². The smallest absolute Gasteiger partial charge is 0.410 e. The first-order chi connectivity index (χ1) is 16.1. The maximum absolute atomic E-state index is 13.2. The van der Waals surface area contributed by atoms with Crippen molar-refractivity contribution in [2.45, 2.75) is 37.3 Å². The number of fused-ring (bicyclic) bond motifs is 5. The molecule has 2 aliphatic heterocycles. The van der Waals surface area contributed by atoms with Gasteiger partial charge in [0.1, 0.15) is 6.61 Å². The first-order valence-corrected chi connectivity index (χ1v) is 12.1. The number of benzene rings is 3. The predicted octanol–water partition coefficient (Wildman–Crippen LogP) is 7.56. The number of rotatable bonds is 3. The summed E-state index contributed by atoms with van der Waals surface area (Å²) < 4.78 is 5.95. The van der Waals surface area contributed by atoms with Gasteiger partial charge in [-0.3, -0.25) is 4.90 Å². The average Bonchev–Trinajstić information content (AvgIpc) is 3.28. The third-order valence-corrected chi connectivity index (χ3v) is 7.77. The monoisotopic (exact) mass is 475 g/mol. The second-order valence-electron chi connectivity index (χ2n) is 9.03. The minimum Gasteiger partial charge on any atom is -0.448 e. The fourth-order valence-electron chi connectivity index (χ4n) is 5.73. The van der Waals surface area contributed by atoms with E-state index in [4.69, 9.17) is 27.9 Å². The Morgan fingerprint density at radius 1 is 0.909 bits per heavy atom. The number of amides is 1. The summed E-state index contributed by atoms with van der Waals surface area (Å²) in [5.41, 5.74) is 7.12. The van der Waals surface area contributed by atoms with Crippen molar-refractivity contribution in [1.29, 1.82) is 0 Å². The highest BCUT2D eigenvalue weighted by Gasteiger charge is 2.41. The van der Waals surface area contributed by atoms with Crippen LogP contribution in [0.3, 0.4) is 0 Å². The van der Waals surface area contributed by atoms with Gasteiger partial charge in [-0.05, 0) is 64.8 Å². The maximum atomic E-state index is 13.2. The first kappa shape index (κ1) is 20.8. The number of carbonyl (C=O) groups excluding carboxylic acids is 1. The third kappa shape index (κ3) is 3.55. The summed E-state index contributed by atoms with van der Waals surface area (Å²) >= 11 is 12.5. The Bertz CT molecular complexity index is 1240. The molecule has 3 aromatic rings. The Kier molecular flexibility index (Phi) is 5.20. The fraction of sp³-hybridized carbons (Fsp3) is 0.250. The Balaban J connectivity index is 1.21. The third-order valence-electron chi connectivity index (χ3n) is 7.22. The molecule has 1 fully saturated rings. The SMILES string of the molecule is O=C(OCC1c2ccccc2-c2ccccc21)N1C2C=C(c3ccc(Cl)cc3Cl)CC1CC2. The Labute approximate surface area is 203 Å². The van der Waals surface area contributed by atoms with Gasteiger partial charge in [-0.1, -0.05) is 83.9 Å². The number of nitrogens with zero attached hydrogens (tertiary/aromatic N) is 1. The van der Waals surface area contributed by atoms with E-state index in [2.05, 4.69) is 54.6 Å². The second kappa shape index (κ2) is 8.23. The largest absolute Gasteiger partial charge is 0.448 e. The van der Waals surface area contributed by atoms with Crippen LogP contribution in [-0.4, -0.2) is 29.7 Å². The molecule has 3 aliphatic rings. The van der Waals surface area contributed by atoms with Gasteiger partial charge >= 0.3 is 6.09 Å². The lowest BCUT2D eigenvalue weighted by Gasteiger charge is -2.34. The van der Waals surface area contributed by atoms with Crippen LogP contribution in [0.1, 0.15) is 41.9 Å². The van der Waals surface area contributed by atoms with Crippen LogP contribution in [-0.2, 0) is 4.74 Å². The van der Waals surface area contributed by atoms with Crippen molar-refractivity contribution in [2.24, 2.45) is 0 Å². The van der Waals surface area contributed by atoms with Crippen molar-refractivity contribution in [1.82, 2.24) is 4.90 Å². The van der Waals surface area contributed by atoms with Gasteiger partial charge in [0.15, 0.2) is 0 Å². The summed E-state index contributed by atoms with van der Waals surface area (Å²) in [6, 6.07) is 22.6. The molecule has 166 valence electrons. The van der Waals surface area contributed by atoms with Crippen molar-refractivity contribution >= 4 is 34.9 Å². The molecular weight excluding hydrogens is 453 g/mol. The van der Waals surface area contributed by atoms with Crippen molar-refractivity contribution in [3.8, 4) is 11.1 Å². The molecule has 1 amide bonds. The molecule has 3 nitrogen and oxygen atoms in total. The van der Waals surface area contributed by atoms with Gasteiger partial charge in [-0.2, -0.15) is 0 Å². The van der Waals surface area contributed by atoms with E-state index in [1.807, 2.05) is 17.0 Å². The summed E-state index contributed by atoms with van der Waals surface area (Å²) in [6.45, 7) is 0.350. The van der Waals surface area contributed by atoms with E-state index in [1.54, 1.807) is 6.07 Å².